The van der Waals surface area contributed by atoms with Gasteiger partial charge in [0.05, 0.1) is 0 Å². The van der Waals surface area contributed by atoms with Gasteiger partial charge in [0.15, 0.2) is 0 Å². The minimum Gasteiger partial charge on any atom is -0.372 e. The lowest BCUT2D eigenvalue weighted by atomic mass is 10.2. The number of anilines is 2. The Kier molecular flexibility index (Phi) is 5.32. The Morgan fingerprint density at radius 1 is 0.773 bits per heavy atom. The van der Waals surface area contributed by atoms with Gasteiger partial charge in [-0.25, -0.2) is 5.43 Å². The minimum atomic E-state index is 0.815. The number of benzene rings is 2. The first-order valence-electron chi connectivity index (χ1n) is 8.30. The Bertz CT molecular complexity index is 543. The van der Waals surface area contributed by atoms with Gasteiger partial charge in [-0.2, -0.15) is 0 Å². The molecule has 2 aromatic rings. The molecule has 3 nitrogen and oxygen atoms in total. The lowest BCUT2D eigenvalue weighted by Crippen LogP contribution is -2.24. The molecule has 0 radical (unpaired) electrons. The second-order valence-electron chi connectivity index (χ2n) is 5.91. The normalized spacial score (nSPS) is 15.4. The van der Waals surface area contributed by atoms with Gasteiger partial charge < -0.3 is 10.3 Å². The fourth-order valence-corrected chi connectivity index (χ4v) is 2.92. The van der Waals surface area contributed by atoms with Gasteiger partial charge in [0.1, 0.15) is 0 Å². The monoisotopic (exact) mass is 295 g/mol. The number of para-hydroxylation sites is 1. The van der Waals surface area contributed by atoms with Crippen LogP contribution >= 0.6 is 0 Å². The summed E-state index contributed by atoms with van der Waals surface area (Å²) in [7, 11) is 0. The fourth-order valence-electron chi connectivity index (χ4n) is 2.92. The summed E-state index contributed by atoms with van der Waals surface area (Å²) in [5.74, 6) is 0. The third kappa shape index (κ3) is 4.25. The summed E-state index contributed by atoms with van der Waals surface area (Å²) in [5, 5.41) is 0. The molecule has 1 heterocycles. The Labute approximate surface area is 133 Å². The van der Waals surface area contributed by atoms with Crippen LogP contribution in [0.4, 0.5) is 11.4 Å². The van der Waals surface area contributed by atoms with E-state index in [1.165, 1.54) is 50.0 Å². The van der Waals surface area contributed by atoms with Crippen molar-refractivity contribution in [3.8, 4) is 0 Å². The molecule has 0 saturated carbocycles. The van der Waals surface area contributed by atoms with Crippen molar-refractivity contribution in [1.29, 1.82) is 0 Å². The number of hydrazine groups is 1. The third-order valence-electron chi connectivity index (χ3n) is 4.21. The van der Waals surface area contributed by atoms with E-state index in [2.05, 4.69) is 52.1 Å². The average molecular weight is 295 g/mol. The van der Waals surface area contributed by atoms with Crippen molar-refractivity contribution < 1.29 is 0 Å². The Morgan fingerprint density at radius 2 is 1.45 bits per heavy atom. The van der Waals surface area contributed by atoms with Crippen LogP contribution in [0.5, 0.6) is 0 Å². The molecule has 0 aliphatic carbocycles. The minimum absolute atomic E-state index is 0.815. The van der Waals surface area contributed by atoms with E-state index in [0.717, 1.165) is 12.2 Å². The third-order valence-corrected chi connectivity index (χ3v) is 4.21. The second kappa shape index (κ2) is 7.85. The number of nitrogens with zero attached hydrogens (tertiary/aromatic N) is 1. The molecule has 1 saturated heterocycles. The number of nitrogens with one attached hydrogen (secondary N) is 2. The topological polar surface area (TPSA) is 27.3 Å². The summed E-state index contributed by atoms with van der Waals surface area (Å²) in [5.41, 5.74) is 10.2. The average Bonchev–Trinajstić information content (AvgIpc) is 2.86. The van der Waals surface area contributed by atoms with Gasteiger partial charge in [0.2, 0.25) is 0 Å². The van der Waals surface area contributed by atoms with E-state index in [0.29, 0.717) is 0 Å². The Hall–Kier alpha value is -2.00. The molecule has 1 fully saturated rings. The number of rotatable bonds is 5. The van der Waals surface area contributed by atoms with Crippen molar-refractivity contribution in [1.82, 2.24) is 5.43 Å². The quantitative estimate of drug-likeness (QED) is 0.810. The highest BCUT2D eigenvalue weighted by molar-refractivity contribution is 5.48. The summed E-state index contributed by atoms with van der Waals surface area (Å²) in [6.07, 6.45) is 5.40. The maximum atomic E-state index is 3.26. The summed E-state index contributed by atoms with van der Waals surface area (Å²) >= 11 is 0. The van der Waals surface area contributed by atoms with E-state index in [1.54, 1.807) is 0 Å². The molecular weight excluding hydrogens is 270 g/mol. The number of hydrogen-bond acceptors (Lipinski definition) is 3. The molecule has 3 heteroatoms. The van der Waals surface area contributed by atoms with Crippen LogP contribution in [0.1, 0.15) is 31.2 Å². The first kappa shape index (κ1) is 14.9. The van der Waals surface area contributed by atoms with Crippen LogP contribution in [0.3, 0.4) is 0 Å². The fraction of sp³-hybridized carbons (Fsp3) is 0.368. The predicted octanol–water partition coefficient (Wildman–Crippen LogP) is 4.18. The van der Waals surface area contributed by atoms with Crippen LogP contribution < -0.4 is 15.8 Å². The summed E-state index contributed by atoms with van der Waals surface area (Å²) in [6.45, 7) is 3.22. The highest BCUT2D eigenvalue weighted by Gasteiger charge is 2.09. The van der Waals surface area contributed by atoms with Crippen LogP contribution in [0.25, 0.3) is 0 Å². The Balaban J connectivity index is 1.50. The second-order valence-corrected chi connectivity index (χ2v) is 5.91. The lowest BCUT2D eigenvalue weighted by molar-refractivity contribution is 0.726. The molecule has 116 valence electrons. The predicted molar refractivity (Wildman–Crippen MR) is 94.0 cm³/mol. The van der Waals surface area contributed by atoms with Crippen molar-refractivity contribution >= 4 is 11.4 Å². The first-order chi connectivity index (χ1) is 10.9. The molecule has 0 atom stereocenters. The summed E-state index contributed by atoms with van der Waals surface area (Å²) in [4.78, 5) is 2.52. The molecular formula is C19H25N3. The standard InChI is InChI=1S/C19H25N3/c1-2-7-15-22(14-6-1)19-12-10-17(11-13-19)16-20-21-18-8-4-3-5-9-18/h3-5,8-13,20-21H,1-2,6-7,14-16H2. The zero-order chi connectivity index (χ0) is 15.0. The van der Waals surface area contributed by atoms with Crippen molar-refractivity contribution in [3.63, 3.8) is 0 Å². The van der Waals surface area contributed by atoms with Gasteiger partial charge >= 0.3 is 0 Å². The van der Waals surface area contributed by atoms with Crippen LogP contribution in [-0.4, -0.2) is 13.1 Å². The van der Waals surface area contributed by atoms with Crippen LogP contribution in [0.2, 0.25) is 0 Å². The van der Waals surface area contributed by atoms with E-state index in [9.17, 15) is 0 Å². The summed E-state index contributed by atoms with van der Waals surface area (Å²) in [6, 6.07) is 19.1. The maximum Gasteiger partial charge on any atom is 0.0487 e. The molecule has 22 heavy (non-hydrogen) atoms. The first-order valence-corrected chi connectivity index (χ1v) is 8.30. The van der Waals surface area contributed by atoms with Crippen molar-refractivity contribution in [2.24, 2.45) is 0 Å². The molecule has 0 amide bonds. The molecule has 0 unspecified atom stereocenters. The van der Waals surface area contributed by atoms with Gasteiger partial charge in [0.25, 0.3) is 0 Å². The van der Waals surface area contributed by atoms with Crippen LogP contribution in [-0.2, 0) is 6.54 Å². The zero-order valence-electron chi connectivity index (χ0n) is 13.1. The molecule has 2 aromatic carbocycles. The van der Waals surface area contributed by atoms with Crippen molar-refractivity contribution in [2.75, 3.05) is 23.4 Å². The van der Waals surface area contributed by atoms with Crippen molar-refractivity contribution in [2.45, 2.75) is 32.2 Å². The van der Waals surface area contributed by atoms with Crippen LogP contribution in [0, 0.1) is 0 Å². The van der Waals surface area contributed by atoms with Gasteiger partial charge in [-0.05, 0) is 42.7 Å². The van der Waals surface area contributed by atoms with Gasteiger partial charge in [-0.15, -0.1) is 0 Å². The van der Waals surface area contributed by atoms with E-state index in [1.807, 2.05) is 18.2 Å². The Morgan fingerprint density at radius 3 is 2.14 bits per heavy atom. The highest BCUT2D eigenvalue weighted by atomic mass is 15.3. The molecule has 1 aliphatic rings. The van der Waals surface area contributed by atoms with Crippen LogP contribution in [0.15, 0.2) is 54.6 Å². The van der Waals surface area contributed by atoms with E-state index < -0.39 is 0 Å². The largest absolute Gasteiger partial charge is 0.372 e. The van der Waals surface area contributed by atoms with E-state index in [4.69, 9.17) is 0 Å². The molecule has 0 spiro atoms. The molecule has 3 rings (SSSR count). The van der Waals surface area contributed by atoms with Gasteiger partial charge in [0, 0.05) is 31.0 Å². The summed E-state index contributed by atoms with van der Waals surface area (Å²) < 4.78 is 0. The zero-order valence-corrected chi connectivity index (χ0v) is 13.1. The smallest absolute Gasteiger partial charge is 0.0487 e. The lowest BCUT2D eigenvalue weighted by Gasteiger charge is -2.22. The van der Waals surface area contributed by atoms with E-state index in [-0.39, 0.29) is 0 Å². The molecule has 0 bridgehead atoms. The highest BCUT2D eigenvalue weighted by Crippen LogP contribution is 2.20. The molecule has 2 N–H and O–H groups in total. The van der Waals surface area contributed by atoms with E-state index >= 15 is 0 Å². The van der Waals surface area contributed by atoms with Crippen molar-refractivity contribution in [3.05, 3.63) is 60.2 Å². The van der Waals surface area contributed by atoms with Gasteiger partial charge in [-0.3, -0.25) is 0 Å². The molecule has 0 aromatic heterocycles. The SMILES string of the molecule is c1ccc(NNCc2ccc(N3CCCCCC3)cc2)cc1. The maximum absolute atomic E-state index is 3.26. The van der Waals surface area contributed by atoms with Gasteiger partial charge in [-0.1, -0.05) is 43.2 Å². The molecule has 1 aliphatic heterocycles. The number of hydrogen-bond donors (Lipinski definition) is 2.